The fourth-order valence-electron chi connectivity index (χ4n) is 2.06. The summed E-state index contributed by atoms with van der Waals surface area (Å²) in [5, 5.41) is 7.35. The zero-order valence-corrected chi connectivity index (χ0v) is 13.0. The van der Waals surface area contributed by atoms with E-state index < -0.39 is 0 Å². The van der Waals surface area contributed by atoms with Gasteiger partial charge in [-0.05, 0) is 19.3 Å². The normalized spacial score (nSPS) is 11.0. The van der Waals surface area contributed by atoms with Crippen LogP contribution in [-0.4, -0.2) is 27.8 Å². The summed E-state index contributed by atoms with van der Waals surface area (Å²) >= 11 is 0. The van der Waals surface area contributed by atoms with Crippen LogP contribution in [0, 0.1) is 0 Å². The Morgan fingerprint density at radius 2 is 2.00 bits per heavy atom. The maximum atomic E-state index is 12.3. The quantitative estimate of drug-likeness (QED) is 0.836. The van der Waals surface area contributed by atoms with E-state index in [1.54, 1.807) is 10.9 Å². The zero-order chi connectivity index (χ0) is 13.8. The van der Waals surface area contributed by atoms with Gasteiger partial charge in [-0.15, -0.1) is 12.4 Å². The van der Waals surface area contributed by atoms with Crippen molar-refractivity contribution in [2.45, 2.75) is 45.6 Å². The molecule has 0 aliphatic rings. The highest BCUT2D eigenvalue weighted by atomic mass is 35.5. The highest BCUT2D eigenvalue weighted by Crippen LogP contribution is 2.16. The summed E-state index contributed by atoms with van der Waals surface area (Å²) in [6.45, 7) is 6.53. The molecule has 0 unspecified atom stereocenters. The number of carbonyl (C=O) groups is 1. The average Bonchev–Trinajstić information content (AvgIpc) is 2.77. The molecule has 1 rings (SSSR count). The summed E-state index contributed by atoms with van der Waals surface area (Å²) in [5.74, 6) is -0.0749. The Kier molecular flexibility index (Phi) is 7.08. The summed E-state index contributed by atoms with van der Waals surface area (Å²) in [7, 11) is 1.83. The number of carbonyl (C=O) groups excluding carboxylic acids is 1. The Morgan fingerprint density at radius 3 is 2.42 bits per heavy atom. The van der Waals surface area contributed by atoms with Gasteiger partial charge < -0.3 is 11.1 Å². The van der Waals surface area contributed by atoms with Crippen LogP contribution in [0.5, 0.6) is 0 Å². The molecule has 5 nitrogen and oxygen atoms in total. The average molecular weight is 289 g/mol. The van der Waals surface area contributed by atoms with E-state index in [-0.39, 0.29) is 23.9 Å². The van der Waals surface area contributed by atoms with Crippen LogP contribution in [0.25, 0.3) is 0 Å². The second-order valence-electron chi connectivity index (χ2n) is 4.66. The lowest BCUT2D eigenvalue weighted by Crippen LogP contribution is -2.53. The van der Waals surface area contributed by atoms with Crippen LogP contribution < -0.4 is 11.1 Å². The molecule has 0 aliphatic carbocycles. The number of nitrogens with one attached hydrogen (secondary N) is 1. The lowest BCUT2D eigenvalue weighted by molar-refractivity contribution is 0.0894. The standard InChI is InChI=1S/C13H24N4O.ClH/c1-5-11-10(8-17(4)16-11)12(18)15-13(6-2,7-3)9-14;/h8H,5-7,9,14H2,1-4H3,(H,15,18);1H. The van der Waals surface area contributed by atoms with Crippen LogP contribution in [0.3, 0.4) is 0 Å². The van der Waals surface area contributed by atoms with Crippen molar-refractivity contribution >= 4 is 18.3 Å². The molecule has 0 bridgehead atoms. The third-order valence-corrected chi connectivity index (χ3v) is 3.61. The number of amides is 1. The molecule has 0 radical (unpaired) electrons. The number of hydrogen-bond acceptors (Lipinski definition) is 3. The van der Waals surface area contributed by atoms with Gasteiger partial charge in [0.05, 0.1) is 16.8 Å². The molecule has 0 fully saturated rings. The number of aromatic nitrogens is 2. The molecule has 1 aromatic heterocycles. The molecule has 1 aromatic rings. The second-order valence-corrected chi connectivity index (χ2v) is 4.66. The molecular formula is C13H25ClN4O. The molecule has 1 heterocycles. The van der Waals surface area contributed by atoms with E-state index in [2.05, 4.69) is 10.4 Å². The van der Waals surface area contributed by atoms with Crippen LogP contribution in [0.1, 0.15) is 49.7 Å². The van der Waals surface area contributed by atoms with Gasteiger partial charge in [0.2, 0.25) is 0 Å². The minimum absolute atomic E-state index is 0. The molecule has 0 aromatic carbocycles. The molecule has 1 amide bonds. The van der Waals surface area contributed by atoms with Crippen LogP contribution in [-0.2, 0) is 13.5 Å². The van der Waals surface area contributed by atoms with Crippen molar-refractivity contribution in [2.75, 3.05) is 6.54 Å². The van der Waals surface area contributed by atoms with E-state index in [1.165, 1.54) is 0 Å². The van der Waals surface area contributed by atoms with Gasteiger partial charge in [0, 0.05) is 19.8 Å². The van der Waals surface area contributed by atoms with Crippen molar-refractivity contribution in [2.24, 2.45) is 12.8 Å². The Labute approximate surface area is 121 Å². The molecule has 19 heavy (non-hydrogen) atoms. The summed E-state index contributed by atoms with van der Waals surface area (Å²) in [6, 6.07) is 0. The second kappa shape index (κ2) is 7.50. The smallest absolute Gasteiger partial charge is 0.255 e. The van der Waals surface area contributed by atoms with Crippen molar-refractivity contribution in [1.29, 1.82) is 0 Å². The van der Waals surface area contributed by atoms with Crippen LogP contribution in [0.4, 0.5) is 0 Å². The van der Waals surface area contributed by atoms with E-state index in [0.29, 0.717) is 12.1 Å². The maximum Gasteiger partial charge on any atom is 0.255 e. The number of halogens is 1. The van der Waals surface area contributed by atoms with Gasteiger partial charge in [-0.2, -0.15) is 5.10 Å². The van der Waals surface area contributed by atoms with Crippen molar-refractivity contribution < 1.29 is 4.79 Å². The monoisotopic (exact) mass is 288 g/mol. The van der Waals surface area contributed by atoms with E-state index in [9.17, 15) is 4.79 Å². The molecule has 0 spiro atoms. The lowest BCUT2D eigenvalue weighted by Gasteiger charge is -2.31. The largest absolute Gasteiger partial charge is 0.345 e. The number of hydrogen-bond donors (Lipinski definition) is 2. The molecule has 0 saturated carbocycles. The van der Waals surface area contributed by atoms with Gasteiger partial charge in [0.1, 0.15) is 0 Å². The van der Waals surface area contributed by atoms with Gasteiger partial charge in [-0.25, -0.2) is 0 Å². The van der Waals surface area contributed by atoms with Crippen molar-refractivity contribution in [3.05, 3.63) is 17.5 Å². The van der Waals surface area contributed by atoms with E-state index >= 15 is 0 Å². The summed E-state index contributed by atoms with van der Waals surface area (Å²) < 4.78 is 1.68. The molecule has 110 valence electrons. The summed E-state index contributed by atoms with van der Waals surface area (Å²) in [6.07, 6.45) is 4.17. The van der Waals surface area contributed by atoms with Crippen molar-refractivity contribution in [3.63, 3.8) is 0 Å². The minimum atomic E-state index is -0.308. The number of rotatable bonds is 6. The van der Waals surface area contributed by atoms with Crippen LogP contribution >= 0.6 is 12.4 Å². The highest BCUT2D eigenvalue weighted by molar-refractivity contribution is 5.95. The van der Waals surface area contributed by atoms with Gasteiger partial charge in [-0.3, -0.25) is 9.48 Å². The molecule has 3 N–H and O–H groups in total. The first-order chi connectivity index (χ1) is 8.51. The van der Waals surface area contributed by atoms with E-state index in [0.717, 1.165) is 25.0 Å². The van der Waals surface area contributed by atoms with Gasteiger partial charge in [0.25, 0.3) is 5.91 Å². The molecular weight excluding hydrogens is 264 g/mol. The lowest BCUT2D eigenvalue weighted by atomic mass is 9.92. The zero-order valence-electron chi connectivity index (χ0n) is 12.2. The highest BCUT2D eigenvalue weighted by Gasteiger charge is 2.28. The van der Waals surface area contributed by atoms with Crippen LogP contribution in [0.15, 0.2) is 6.20 Å². The molecule has 0 atom stereocenters. The van der Waals surface area contributed by atoms with Gasteiger partial charge in [0.15, 0.2) is 0 Å². The first-order valence-electron chi connectivity index (χ1n) is 6.57. The fourth-order valence-corrected chi connectivity index (χ4v) is 2.06. The number of nitrogens with zero attached hydrogens (tertiary/aromatic N) is 2. The Morgan fingerprint density at radius 1 is 1.42 bits per heavy atom. The summed E-state index contributed by atoms with van der Waals surface area (Å²) in [5.41, 5.74) is 6.97. The van der Waals surface area contributed by atoms with Crippen molar-refractivity contribution in [1.82, 2.24) is 15.1 Å². The Balaban J connectivity index is 0.00000324. The van der Waals surface area contributed by atoms with Crippen LogP contribution in [0.2, 0.25) is 0 Å². The molecule has 6 heteroatoms. The Bertz CT molecular complexity index is 405. The number of nitrogens with two attached hydrogens (primary N) is 1. The summed E-state index contributed by atoms with van der Waals surface area (Å²) in [4.78, 5) is 12.3. The molecule has 0 saturated heterocycles. The third kappa shape index (κ3) is 3.94. The van der Waals surface area contributed by atoms with E-state index in [1.807, 2.05) is 27.8 Å². The third-order valence-electron chi connectivity index (χ3n) is 3.61. The number of aryl methyl sites for hydroxylation is 2. The maximum absolute atomic E-state index is 12.3. The van der Waals surface area contributed by atoms with Gasteiger partial charge in [-0.1, -0.05) is 20.8 Å². The first kappa shape index (κ1) is 17.9. The minimum Gasteiger partial charge on any atom is -0.345 e. The topological polar surface area (TPSA) is 72.9 Å². The first-order valence-corrected chi connectivity index (χ1v) is 6.57. The fraction of sp³-hybridized carbons (Fsp3) is 0.692. The predicted molar refractivity (Wildman–Crippen MR) is 79.7 cm³/mol. The van der Waals surface area contributed by atoms with E-state index in [4.69, 9.17) is 5.73 Å². The predicted octanol–water partition coefficient (Wildman–Crippen LogP) is 1.65. The SMILES string of the molecule is CCc1nn(C)cc1C(=O)NC(CC)(CC)CN.Cl. The molecule has 0 aliphatic heterocycles. The van der Waals surface area contributed by atoms with Crippen molar-refractivity contribution in [3.8, 4) is 0 Å². The van der Waals surface area contributed by atoms with Gasteiger partial charge >= 0.3 is 0 Å². The Hall–Kier alpha value is -1.07.